The van der Waals surface area contributed by atoms with Crippen LogP contribution in [0.3, 0.4) is 0 Å². The minimum atomic E-state index is -1.92. The highest BCUT2D eigenvalue weighted by molar-refractivity contribution is 4.96. The molecule has 11 N–H and O–H groups in total. The highest BCUT2D eigenvalue weighted by atomic mass is 16.8. The number of ether oxygens (including phenoxy) is 5. The van der Waals surface area contributed by atoms with Crippen LogP contribution in [-0.2, 0) is 23.7 Å². The lowest BCUT2D eigenvalue weighted by molar-refractivity contribution is -0.382. The van der Waals surface area contributed by atoms with Crippen molar-refractivity contribution in [2.24, 2.45) is 0 Å². The zero-order chi connectivity index (χ0) is 25.3. The summed E-state index contributed by atoms with van der Waals surface area (Å²) in [7, 11) is 0. The van der Waals surface area contributed by atoms with Crippen LogP contribution in [0.4, 0.5) is 0 Å². The number of aliphatic hydroxyl groups excluding tert-OH is 11. The first kappa shape index (κ1) is 27.9. The Morgan fingerprint density at radius 2 is 0.882 bits per heavy atom. The summed E-state index contributed by atoms with van der Waals surface area (Å²) in [5.41, 5.74) is 0. The molecule has 15 atom stereocenters. The second-order valence-corrected chi connectivity index (χ2v) is 8.33. The Hall–Kier alpha value is -0.640. The second-order valence-electron chi connectivity index (χ2n) is 8.33. The second kappa shape index (κ2) is 11.6. The van der Waals surface area contributed by atoms with Crippen molar-refractivity contribution < 1.29 is 79.9 Å². The zero-order valence-electron chi connectivity index (χ0n) is 17.7. The van der Waals surface area contributed by atoms with E-state index in [9.17, 15) is 51.1 Å². The van der Waals surface area contributed by atoms with E-state index in [4.69, 9.17) is 28.8 Å². The molecule has 16 nitrogen and oxygen atoms in total. The maximum Gasteiger partial charge on any atom is 0.187 e. The fraction of sp³-hybridized carbons (Fsp3) is 1.00. The van der Waals surface area contributed by atoms with Crippen molar-refractivity contribution in [3.8, 4) is 0 Å². The van der Waals surface area contributed by atoms with Gasteiger partial charge in [-0.1, -0.05) is 0 Å². The summed E-state index contributed by atoms with van der Waals surface area (Å²) in [6.07, 6.45) is -25.5. The standard InChI is InChI=1S/C18H32O16/c19-1-4-8(23)11(26)15(16(29)30-4)34-18-13(28)14(9(24)6(3-21)32-18)33-17-12(27)10(25)7(22)5(2-20)31-17/h4-29H,1-3H2/t4-,5-,6-,7-,8-,9-,10+,11+,12-,13+,14+,15+,16+,17-,18-/m1/s1. The van der Waals surface area contributed by atoms with Crippen LogP contribution in [0.2, 0.25) is 0 Å². The summed E-state index contributed by atoms with van der Waals surface area (Å²) < 4.78 is 26.2. The number of hydrogen-bond acceptors (Lipinski definition) is 16. The maximum absolute atomic E-state index is 10.7. The van der Waals surface area contributed by atoms with Crippen LogP contribution in [0, 0.1) is 0 Å². The molecule has 3 rings (SSSR count). The average molecular weight is 504 g/mol. The predicted octanol–water partition coefficient (Wildman–Crippen LogP) is -7.57. The van der Waals surface area contributed by atoms with Gasteiger partial charge in [-0.15, -0.1) is 0 Å². The molecule has 3 aliphatic rings. The molecule has 0 bridgehead atoms. The Morgan fingerprint density at radius 1 is 0.441 bits per heavy atom. The summed E-state index contributed by atoms with van der Waals surface area (Å²) in [6.45, 7) is -2.30. The van der Waals surface area contributed by atoms with E-state index >= 15 is 0 Å². The Morgan fingerprint density at radius 3 is 1.44 bits per heavy atom. The first-order chi connectivity index (χ1) is 16.0. The molecule has 3 heterocycles. The largest absolute Gasteiger partial charge is 0.394 e. The Bertz CT molecular complexity index is 639. The summed E-state index contributed by atoms with van der Waals surface area (Å²) in [4.78, 5) is 0. The number of hydrogen-bond donors (Lipinski definition) is 11. The lowest BCUT2D eigenvalue weighted by atomic mass is 9.96. The molecule has 34 heavy (non-hydrogen) atoms. The topological polar surface area (TPSA) is 269 Å². The van der Waals surface area contributed by atoms with Crippen molar-refractivity contribution in [3.63, 3.8) is 0 Å². The Labute approximate surface area is 192 Å². The van der Waals surface area contributed by atoms with Gasteiger partial charge in [0.2, 0.25) is 0 Å². The van der Waals surface area contributed by atoms with Crippen LogP contribution in [0.5, 0.6) is 0 Å². The van der Waals surface area contributed by atoms with Crippen LogP contribution in [0.1, 0.15) is 0 Å². The van der Waals surface area contributed by atoms with Gasteiger partial charge in [0.1, 0.15) is 73.2 Å². The van der Waals surface area contributed by atoms with Crippen molar-refractivity contribution in [1.29, 1.82) is 0 Å². The summed E-state index contributed by atoms with van der Waals surface area (Å²) in [5, 5.41) is 110. The van der Waals surface area contributed by atoms with Crippen LogP contribution in [-0.4, -0.2) is 168 Å². The van der Waals surface area contributed by atoms with E-state index < -0.39 is 112 Å². The maximum atomic E-state index is 10.7. The summed E-state index contributed by atoms with van der Waals surface area (Å²) in [5.74, 6) is 0. The van der Waals surface area contributed by atoms with Crippen molar-refractivity contribution in [2.45, 2.75) is 92.1 Å². The average Bonchev–Trinajstić information content (AvgIpc) is 2.82. The third-order valence-electron chi connectivity index (χ3n) is 6.10. The monoisotopic (exact) mass is 504 g/mol. The van der Waals surface area contributed by atoms with Gasteiger partial charge in [-0.2, -0.15) is 0 Å². The molecule has 200 valence electrons. The number of aliphatic hydroxyl groups is 11. The van der Waals surface area contributed by atoms with Crippen LogP contribution >= 0.6 is 0 Å². The molecule has 0 aromatic rings. The van der Waals surface area contributed by atoms with Gasteiger partial charge < -0.3 is 79.9 Å². The van der Waals surface area contributed by atoms with Crippen LogP contribution in [0.25, 0.3) is 0 Å². The highest BCUT2D eigenvalue weighted by Gasteiger charge is 2.53. The first-order valence-electron chi connectivity index (χ1n) is 10.6. The minimum Gasteiger partial charge on any atom is -0.394 e. The molecule has 3 fully saturated rings. The van der Waals surface area contributed by atoms with Gasteiger partial charge in [0.15, 0.2) is 18.9 Å². The third kappa shape index (κ3) is 5.37. The molecule has 3 aliphatic heterocycles. The van der Waals surface area contributed by atoms with E-state index in [-0.39, 0.29) is 0 Å². The summed E-state index contributed by atoms with van der Waals surface area (Å²) in [6, 6.07) is 0. The van der Waals surface area contributed by atoms with Gasteiger partial charge in [0.05, 0.1) is 19.8 Å². The van der Waals surface area contributed by atoms with E-state index in [1.54, 1.807) is 0 Å². The molecule has 0 aromatic carbocycles. The molecule has 0 radical (unpaired) electrons. The van der Waals surface area contributed by atoms with Crippen molar-refractivity contribution in [2.75, 3.05) is 19.8 Å². The van der Waals surface area contributed by atoms with E-state index in [0.717, 1.165) is 0 Å². The van der Waals surface area contributed by atoms with E-state index in [1.165, 1.54) is 0 Å². The van der Waals surface area contributed by atoms with E-state index in [0.29, 0.717) is 0 Å². The third-order valence-corrected chi connectivity index (χ3v) is 6.10. The fourth-order valence-electron chi connectivity index (χ4n) is 4.03. The SMILES string of the molecule is OC[C@H]1O[C@H](O[C@@H]2[C@H](O)[C@@H](O[C@H]3[C@@H](O)[C@H](O)[C@@H](CO)O[C@@H]3O)O[C@H](CO)[C@H]2O)[C@H](O)[C@@H](O)[C@@H]1O. The molecule has 16 heteroatoms. The van der Waals surface area contributed by atoms with Crippen molar-refractivity contribution in [3.05, 3.63) is 0 Å². The quantitative estimate of drug-likeness (QED) is 0.154. The van der Waals surface area contributed by atoms with Gasteiger partial charge in [0.25, 0.3) is 0 Å². The fourth-order valence-corrected chi connectivity index (χ4v) is 4.03. The first-order valence-corrected chi connectivity index (χ1v) is 10.6. The van der Waals surface area contributed by atoms with Gasteiger partial charge in [-0.05, 0) is 0 Å². The van der Waals surface area contributed by atoms with Gasteiger partial charge in [-0.25, -0.2) is 0 Å². The minimum absolute atomic E-state index is 0.724. The lowest BCUT2D eigenvalue weighted by Gasteiger charge is -2.47. The summed E-state index contributed by atoms with van der Waals surface area (Å²) >= 11 is 0. The molecule has 0 aromatic heterocycles. The smallest absolute Gasteiger partial charge is 0.187 e. The highest BCUT2D eigenvalue weighted by Crippen LogP contribution is 2.32. The Balaban J connectivity index is 1.76. The molecule has 0 amide bonds. The Kier molecular flexibility index (Phi) is 9.54. The normalized spacial score (nSPS) is 52.5. The molecule has 0 unspecified atom stereocenters. The molecular weight excluding hydrogens is 472 g/mol. The van der Waals surface area contributed by atoms with Gasteiger partial charge >= 0.3 is 0 Å². The molecular formula is C18H32O16. The number of rotatable bonds is 7. The predicted molar refractivity (Wildman–Crippen MR) is 101 cm³/mol. The van der Waals surface area contributed by atoms with Crippen molar-refractivity contribution >= 4 is 0 Å². The molecule has 0 spiro atoms. The van der Waals surface area contributed by atoms with Gasteiger partial charge in [-0.3, -0.25) is 0 Å². The van der Waals surface area contributed by atoms with Crippen molar-refractivity contribution in [1.82, 2.24) is 0 Å². The molecule has 0 aliphatic carbocycles. The molecule has 0 saturated carbocycles. The van der Waals surface area contributed by atoms with Crippen LogP contribution in [0.15, 0.2) is 0 Å². The van der Waals surface area contributed by atoms with E-state index in [2.05, 4.69) is 0 Å². The molecule has 3 saturated heterocycles. The lowest BCUT2D eigenvalue weighted by Crippen LogP contribution is -2.66. The van der Waals surface area contributed by atoms with Crippen LogP contribution < -0.4 is 0 Å². The van der Waals surface area contributed by atoms with E-state index in [1.807, 2.05) is 0 Å². The van der Waals surface area contributed by atoms with Gasteiger partial charge in [0, 0.05) is 0 Å². The zero-order valence-corrected chi connectivity index (χ0v) is 17.7.